The van der Waals surface area contributed by atoms with Gasteiger partial charge in [-0.15, -0.1) is 0 Å². The second-order valence-corrected chi connectivity index (χ2v) is 9.30. The number of allylic oxidation sites excluding steroid dienone is 1. The number of ether oxygens (including phenoxy) is 1. The zero-order chi connectivity index (χ0) is 22.2. The van der Waals surface area contributed by atoms with Crippen LogP contribution in [0.3, 0.4) is 0 Å². The molecule has 0 aromatic heterocycles. The highest BCUT2D eigenvalue weighted by molar-refractivity contribution is 5.82. The Morgan fingerprint density at radius 3 is 1.90 bits per heavy atom. The van der Waals surface area contributed by atoms with Gasteiger partial charge in [-0.25, -0.2) is 4.79 Å². The van der Waals surface area contributed by atoms with Gasteiger partial charge in [0, 0.05) is 6.08 Å². The second kappa shape index (κ2) is 16.8. The highest BCUT2D eigenvalue weighted by Gasteiger charge is 2.16. The molecule has 5 heteroatoms. The first-order valence-electron chi connectivity index (χ1n) is 11.5. The lowest BCUT2D eigenvalue weighted by atomic mass is 9.91. The zero-order valence-corrected chi connectivity index (χ0v) is 19.4. The van der Waals surface area contributed by atoms with E-state index >= 15 is 0 Å². The van der Waals surface area contributed by atoms with Crippen molar-refractivity contribution in [1.29, 1.82) is 0 Å². The minimum absolute atomic E-state index is 0.322. The molecule has 0 amide bonds. The molecule has 0 aliphatic rings. The van der Waals surface area contributed by atoms with Crippen LogP contribution in [0.15, 0.2) is 11.6 Å². The van der Waals surface area contributed by atoms with E-state index in [1.807, 2.05) is 6.92 Å². The summed E-state index contributed by atoms with van der Waals surface area (Å²) < 4.78 is 4.90. The van der Waals surface area contributed by atoms with E-state index in [-0.39, 0.29) is 6.61 Å². The lowest BCUT2D eigenvalue weighted by Crippen LogP contribution is -2.33. The van der Waals surface area contributed by atoms with Crippen molar-refractivity contribution in [3.05, 3.63) is 11.6 Å². The third-order valence-electron chi connectivity index (χ3n) is 5.53. The number of aliphatic hydroxyl groups excluding tert-OH is 3. The van der Waals surface area contributed by atoms with E-state index in [9.17, 15) is 15.0 Å². The van der Waals surface area contributed by atoms with Crippen LogP contribution in [-0.2, 0) is 9.53 Å². The molecule has 2 unspecified atom stereocenters. The highest BCUT2D eigenvalue weighted by atomic mass is 16.5. The predicted molar refractivity (Wildman–Crippen MR) is 119 cm³/mol. The van der Waals surface area contributed by atoms with Gasteiger partial charge in [0.2, 0.25) is 0 Å². The number of rotatable bonds is 17. The van der Waals surface area contributed by atoms with Crippen LogP contribution in [0.1, 0.15) is 92.4 Å². The number of carbonyl (C=O) groups is 1. The van der Waals surface area contributed by atoms with Crippen molar-refractivity contribution in [2.75, 3.05) is 13.2 Å². The van der Waals surface area contributed by atoms with Crippen molar-refractivity contribution in [1.82, 2.24) is 0 Å². The van der Waals surface area contributed by atoms with E-state index in [1.165, 1.54) is 44.6 Å². The van der Waals surface area contributed by atoms with Crippen LogP contribution >= 0.6 is 0 Å². The lowest BCUT2D eigenvalue weighted by Gasteiger charge is -2.15. The van der Waals surface area contributed by atoms with Crippen molar-refractivity contribution >= 4 is 5.97 Å². The van der Waals surface area contributed by atoms with E-state index in [1.54, 1.807) is 0 Å². The Hall–Kier alpha value is -0.910. The van der Waals surface area contributed by atoms with Crippen molar-refractivity contribution in [2.24, 2.45) is 17.8 Å². The molecule has 4 atom stereocenters. The summed E-state index contributed by atoms with van der Waals surface area (Å²) in [7, 11) is 0. The molecule has 0 aromatic rings. The number of carbonyl (C=O) groups excluding carboxylic acids is 1. The first-order valence-corrected chi connectivity index (χ1v) is 11.5. The van der Waals surface area contributed by atoms with E-state index in [4.69, 9.17) is 9.84 Å². The van der Waals surface area contributed by atoms with E-state index in [2.05, 4.69) is 27.7 Å². The maximum absolute atomic E-state index is 11.7. The van der Waals surface area contributed by atoms with E-state index in [0.29, 0.717) is 5.92 Å². The number of esters is 1. The summed E-state index contributed by atoms with van der Waals surface area (Å²) in [6.07, 6.45) is 9.87. The first-order chi connectivity index (χ1) is 13.6. The van der Waals surface area contributed by atoms with E-state index < -0.39 is 24.8 Å². The molecule has 0 saturated heterocycles. The molecular weight excluding hydrogens is 368 g/mol. The Labute approximate surface area is 178 Å². The van der Waals surface area contributed by atoms with Crippen LogP contribution in [-0.4, -0.2) is 46.7 Å². The molecule has 29 heavy (non-hydrogen) atoms. The van der Waals surface area contributed by atoms with Crippen LogP contribution < -0.4 is 0 Å². The molecule has 0 heterocycles. The fourth-order valence-corrected chi connectivity index (χ4v) is 3.42. The van der Waals surface area contributed by atoms with Gasteiger partial charge in [-0.1, -0.05) is 78.2 Å². The van der Waals surface area contributed by atoms with Crippen LogP contribution in [0.2, 0.25) is 0 Å². The maximum atomic E-state index is 11.7. The van der Waals surface area contributed by atoms with Crippen LogP contribution in [0.4, 0.5) is 0 Å². The number of aliphatic hydroxyl groups is 3. The largest absolute Gasteiger partial charge is 0.460 e. The summed E-state index contributed by atoms with van der Waals surface area (Å²) in [6, 6.07) is 0. The van der Waals surface area contributed by atoms with Gasteiger partial charge in [0.1, 0.15) is 18.8 Å². The average Bonchev–Trinajstić information content (AvgIpc) is 2.65. The van der Waals surface area contributed by atoms with Crippen molar-refractivity contribution < 1.29 is 24.9 Å². The SMILES string of the molecule is C/C(=C\C(=O)OC[C@H](O)[C@H](O)CO)CCCC(C)CCCC(C)CCCC(C)C. The van der Waals surface area contributed by atoms with Gasteiger partial charge < -0.3 is 20.1 Å². The first kappa shape index (κ1) is 28.1. The van der Waals surface area contributed by atoms with Gasteiger partial charge in [0.15, 0.2) is 0 Å². The molecule has 0 rings (SSSR count). The molecule has 0 aliphatic heterocycles. The van der Waals surface area contributed by atoms with Gasteiger partial charge in [0.25, 0.3) is 0 Å². The molecule has 0 fully saturated rings. The fourth-order valence-electron chi connectivity index (χ4n) is 3.42. The number of hydrogen-bond donors (Lipinski definition) is 3. The van der Waals surface area contributed by atoms with Crippen LogP contribution in [0.5, 0.6) is 0 Å². The Bertz CT molecular complexity index is 447. The third-order valence-corrected chi connectivity index (χ3v) is 5.53. The lowest BCUT2D eigenvalue weighted by molar-refractivity contribution is -0.143. The van der Waals surface area contributed by atoms with Gasteiger partial charge in [-0.3, -0.25) is 0 Å². The normalized spacial score (nSPS) is 16.5. The van der Waals surface area contributed by atoms with Crippen LogP contribution in [0.25, 0.3) is 0 Å². The molecule has 0 aliphatic carbocycles. The number of hydrogen-bond acceptors (Lipinski definition) is 5. The molecule has 0 spiro atoms. The van der Waals surface area contributed by atoms with Gasteiger partial charge in [-0.2, -0.15) is 0 Å². The molecule has 0 saturated carbocycles. The maximum Gasteiger partial charge on any atom is 0.330 e. The fraction of sp³-hybridized carbons (Fsp3) is 0.875. The summed E-state index contributed by atoms with van der Waals surface area (Å²) in [5.41, 5.74) is 0.957. The standard InChI is InChI=1S/C24H46O5/c1-18(2)9-6-10-19(3)11-7-12-20(4)13-8-14-21(5)15-24(28)29-17-23(27)22(26)16-25/h15,18-20,22-23,25-27H,6-14,16-17H2,1-5H3/b21-15+/t19?,20?,22-,23+/m1/s1. The van der Waals surface area contributed by atoms with E-state index in [0.717, 1.165) is 36.7 Å². The van der Waals surface area contributed by atoms with Gasteiger partial charge in [0.05, 0.1) is 6.61 Å². The average molecular weight is 415 g/mol. The molecule has 3 N–H and O–H groups in total. The highest BCUT2D eigenvalue weighted by Crippen LogP contribution is 2.22. The molecule has 0 bridgehead atoms. The van der Waals surface area contributed by atoms with Crippen molar-refractivity contribution in [2.45, 2.75) is 105 Å². The molecule has 172 valence electrons. The molecule has 5 nitrogen and oxygen atoms in total. The van der Waals surface area contributed by atoms with Crippen LogP contribution in [0, 0.1) is 17.8 Å². The molecule has 0 aromatic carbocycles. The Morgan fingerprint density at radius 2 is 1.38 bits per heavy atom. The Kier molecular flexibility index (Phi) is 16.3. The predicted octanol–water partition coefficient (Wildman–Crippen LogP) is 4.63. The molecular formula is C24H46O5. The second-order valence-electron chi connectivity index (χ2n) is 9.30. The summed E-state index contributed by atoms with van der Waals surface area (Å²) in [5.74, 6) is 1.82. The monoisotopic (exact) mass is 414 g/mol. The Morgan fingerprint density at radius 1 is 0.862 bits per heavy atom. The topological polar surface area (TPSA) is 87.0 Å². The summed E-state index contributed by atoms with van der Waals surface area (Å²) in [4.78, 5) is 11.7. The smallest absolute Gasteiger partial charge is 0.330 e. The van der Waals surface area contributed by atoms with Gasteiger partial charge in [-0.05, 0) is 37.5 Å². The van der Waals surface area contributed by atoms with Crippen molar-refractivity contribution in [3.8, 4) is 0 Å². The Balaban J connectivity index is 3.87. The summed E-state index contributed by atoms with van der Waals surface area (Å²) >= 11 is 0. The summed E-state index contributed by atoms with van der Waals surface area (Å²) in [6.45, 7) is 10.3. The van der Waals surface area contributed by atoms with Crippen molar-refractivity contribution in [3.63, 3.8) is 0 Å². The minimum atomic E-state index is -1.29. The zero-order valence-electron chi connectivity index (χ0n) is 19.4. The minimum Gasteiger partial charge on any atom is -0.460 e. The summed E-state index contributed by atoms with van der Waals surface area (Å²) in [5, 5.41) is 27.4. The van der Waals surface area contributed by atoms with Gasteiger partial charge >= 0.3 is 5.97 Å². The third kappa shape index (κ3) is 16.6. The quantitative estimate of drug-likeness (QED) is 0.239. The molecule has 0 radical (unpaired) electrons.